The van der Waals surface area contributed by atoms with E-state index in [0.717, 1.165) is 6.08 Å². The molecule has 0 aliphatic carbocycles. The van der Waals surface area contributed by atoms with Gasteiger partial charge in [0.2, 0.25) is 0 Å². The molecular weight excluding hydrogens is 288 g/mol. The van der Waals surface area contributed by atoms with E-state index in [0.29, 0.717) is 11.3 Å². The molecule has 0 aliphatic rings. The molecule has 0 spiro atoms. The van der Waals surface area contributed by atoms with E-state index < -0.39 is 23.2 Å². The zero-order valence-electron chi connectivity index (χ0n) is 12.4. The van der Waals surface area contributed by atoms with Crippen LogP contribution in [0, 0.1) is 0 Å². The highest BCUT2D eigenvalue weighted by atomic mass is 16.5. The molecule has 1 aromatic rings. The maximum absolute atomic E-state index is 11.8. The lowest BCUT2D eigenvalue weighted by molar-refractivity contribution is -0.128. The molecule has 22 heavy (non-hydrogen) atoms. The molecule has 1 rings (SSSR count). The minimum absolute atomic E-state index is 0.309. The topological polar surface area (TPSA) is 105 Å². The number of hydrogen-bond donors (Lipinski definition) is 3. The van der Waals surface area contributed by atoms with Crippen LogP contribution in [0.5, 0.6) is 5.75 Å². The fourth-order valence-corrected chi connectivity index (χ4v) is 1.42. The van der Waals surface area contributed by atoms with Crippen molar-refractivity contribution in [1.82, 2.24) is 10.9 Å². The molecule has 0 radical (unpaired) electrons. The highest BCUT2D eigenvalue weighted by Crippen LogP contribution is 2.16. The third-order valence-corrected chi connectivity index (χ3v) is 2.55. The minimum Gasteiger partial charge on any atom is -0.484 e. The van der Waals surface area contributed by atoms with Gasteiger partial charge in [-0.1, -0.05) is 6.58 Å². The number of benzene rings is 1. The Kier molecular flexibility index (Phi) is 5.82. The summed E-state index contributed by atoms with van der Waals surface area (Å²) in [6, 6.07) is 6.00. The molecule has 2 amide bonds. The molecular formula is C15H18N2O5. The van der Waals surface area contributed by atoms with Crippen molar-refractivity contribution in [2.75, 3.05) is 6.61 Å². The normalized spacial score (nSPS) is 10.5. The van der Waals surface area contributed by atoms with Crippen LogP contribution in [0.3, 0.4) is 0 Å². The summed E-state index contributed by atoms with van der Waals surface area (Å²) >= 11 is 0. The molecule has 0 saturated carbocycles. The van der Waals surface area contributed by atoms with Crippen LogP contribution in [-0.4, -0.2) is 34.9 Å². The van der Waals surface area contributed by atoms with E-state index >= 15 is 0 Å². The van der Waals surface area contributed by atoms with Crippen molar-refractivity contribution in [3.63, 3.8) is 0 Å². The number of hydrogen-bond acceptors (Lipinski definition) is 5. The second kappa shape index (κ2) is 7.37. The van der Waals surface area contributed by atoms with Crippen molar-refractivity contribution in [1.29, 1.82) is 0 Å². The van der Waals surface area contributed by atoms with Crippen LogP contribution >= 0.6 is 0 Å². The lowest BCUT2D eigenvalue weighted by Crippen LogP contribution is -2.43. The Morgan fingerprint density at radius 1 is 1.23 bits per heavy atom. The average molecular weight is 306 g/mol. The Labute approximate surface area is 127 Å². The number of carbonyl (C=O) groups excluding carboxylic acids is 3. The van der Waals surface area contributed by atoms with Crippen molar-refractivity contribution >= 4 is 17.6 Å². The summed E-state index contributed by atoms with van der Waals surface area (Å²) < 4.78 is 5.19. The molecule has 0 saturated heterocycles. The maximum Gasteiger partial charge on any atom is 0.276 e. The molecule has 7 heteroatoms. The third kappa shape index (κ3) is 5.37. The Bertz CT molecular complexity index is 573. The van der Waals surface area contributed by atoms with Crippen molar-refractivity contribution in [2.24, 2.45) is 0 Å². The summed E-state index contributed by atoms with van der Waals surface area (Å²) in [5, 5.41) is 9.63. The first-order valence-corrected chi connectivity index (χ1v) is 6.45. The van der Waals surface area contributed by atoms with E-state index in [1.807, 2.05) is 0 Å². The van der Waals surface area contributed by atoms with E-state index in [9.17, 15) is 19.5 Å². The molecule has 1 aromatic carbocycles. The van der Waals surface area contributed by atoms with Crippen LogP contribution in [0.2, 0.25) is 0 Å². The largest absolute Gasteiger partial charge is 0.484 e. The Hall–Kier alpha value is -2.67. The summed E-state index contributed by atoms with van der Waals surface area (Å²) in [5.41, 5.74) is 3.11. The lowest BCUT2D eigenvalue weighted by Gasteiger charge is -2.15. The number of ketones is 1. The van der Waals surface area contributed by atoms with Gasteiger partial charge in [0.1, 0.15) is 11.4 Å². The van der Waals surface area contributed by atoms with Gasteiger partial charge in [0, 0.05) is 5.56 Å². The van der Waals surface area contributed by atoms with Crippen LogP contribution < -0.4 is 15.6 Å². The number of carbonyl (C=O) groups is 3. The Morgan fingerprint density at radius 2 is 1.82 bits per heavy atom. The molecule has 0 fully saturated rings. The fourth-order valence-electron chi connectivity index (χ4n) is 1.42. The predicted molar refractivity (Wildman–Crippen MR) is 79.0 cm³/mol. The lowest BCUT2D eigenvalue weighted by atomic mass is 9.97. The summed E-state index contributed by atoms with van der Waals surface area (Å²) in [6.45, 7) is 5.73. The number of aliphatic hydroxyl groups is 1. The molecule has 0 unspecified atom stereocenters. The van der Waals surface area contributed by atoms with Crippen LogP contribution in [0.1, 0.15) is 24.2 Å². The Morgan fingerprint density at radius 3 is 2.32 bits per heavy atom. The Balaban J connectivity index is 2.51. The van der Waals surface area contributed by atoms with E-state index in [-0.39, 0.29) is 6.61 Å². The predicted octanol–water partition coefficient (Wildman–Crippen LogP) is 0.352. The van der Waals surface area contributed by atoms with Gasteiger partial charge in [0.05, 0.1) is 0 Å². The van der Waals surface area contributed by atoms with Gasteiger partial charge >= 0.3 is 0 Å². The summed E-state index contributed by atoms with van der Waals surface area (Å²) in [7, 11) is 0. The van der Waals surface area contributed by atoms with E-state index in [4.69, 9.17) is 4.74 Å². The maximum atomic E-state index is 11.8. The van der Waals surface area contributed by atoms with E-state index in [1.165, 1.54) is 38.1 Å². The SMILES string of the molecule is C=CC(=O)NNC(=O)COc1ccc(C(=O)C(C)(C)O)cc1. The van der Waals surface area contributed by atoms with Crippen molar-refractivity contribution in [3.8, 4) is 5.75 Å². The number of Topliss-reactive ketones (excluding diaryl/α,β-unsaturated/α-hetero) is 1. The van der Waals surface area contributed by atoms with Crippen molar-refractivity contribution in [2.45, 2.75) is 19.4 Å². The summed E-state index contributed by atoms with van der Waals surface area (Å²) in [4.78, 5) is 34.0. The molecule has 118 valence electrons. The van der Waals surface area contributed by atoms with Gasteiger partial charge in [-0.2, -0.15) is 0 Å². The molecule has 0 heterocycles. The number of ether oxygens (including phenoxy) is 1. The number of amides is 2. The third-order valence-electron chi connectivity index (χ3n) is 2.55. The highest BCUT2D eigenvalue weighted by molar-refractivity contribution is 6.01. The molecule has 0 aromatic heterocycles. The first-order valence-electron chi connectivity index (χ1n) is 6.45. The second-order valence-corrected chi connectivity index (χ2v) is 4.94. The van der Waals surface area contributed by atoms with Gasteiger partial charge in [-0.15, -0.1) is 0 Å². The summed E-state index contributed by atoms with van der Waals surface area (Å²) in [5.74, 6) is -1.13. The smallest absolute Gasteiger partial charge is 0.276 e. The second-order valence-electron chi connectivity index (χ2n) is 4.94. The fraction of sp³-hybridized carbons (Fsp3) is 0.267. The minimum atomic E-state index is -1.45. The molecule has 0 aliphatic heterocycles. The van der Waals surface area contributed by atoms with E-state index in [1.54, 1.807) is 0 Å². The van der Waals surface area contributed by atoms with Gasteiger partial charge in [-0.05, 0) is 44.2 Å². The first kappa shape index (κ1) is 17.4. The monoisotopic (exact) mass is 306 g/mol. The zero-order chi connectivity index (χ0) is 16.8. The average Bonchev–Trinajstić information content (AvgIpc) is 2.49. The zero-order valence-corrected chi connectivity index (χ0v) is 12.4. The first-order chi connectivity index (χ1) is 10.2. The molecule has 0 bridgehead atoms. The quantitative estimate of drug-likeness (QED) is 0.400. The van der Waals surface area contributed by atoms with Crippen molar-refractivity contribution < 1.29 is 24.2 Å². The van der Waals surface area contributed by atoms with Crippen LogP contribution in [0.4, 0.5) is 0 Å². The number of nitrogens with one attached hydrogen (secondary N) is 2. The number of rotatable bonds is 6. The highest BCUT2D eigenvalue weighted by Gasteiger charge is 2.24. The van der Waals surface area contributed by atoms with Crippen LogP contribution in [-0.2, 0) is 9.59 Å². The van der Waals surface area contributed by atoms with Crippen LogP contribution in [0.15, 0.2) is 36.9 Å². The van der Waals surface area contributed by atoms with Crippen molar-refractivity contribution in [3.05, 3.63) is 42.5 Å². The molecule has 7 nitrogen and oxygen atoms in total. The molecule has 3 N–H and O–H groups in total. The van der Waals surface area contributed by atoms with Gasteiger partial charge in [-0.25, -0.2) is 0 Å². The summed E-state index contributed by atoms with van der Waals surface area (Å²) in [6.07, 6.45) is 1.01. The molecule has 0 atom stereocenters. The van der Waals surface area contributed by atoms with Gasteiger partial charge in [0.25, 0.3) is 11.8 Å². The van der Waals surface area contributed by atoms with Gasteiger partial charge < -0.3 is 9.84 Å². The number of hydrazine groups is 1. The van der Waals surface area contributed by atoms with Gasteiger partial charge in [-0.3, -0.25) is 25.2 Å². The van der Waals surface area contributed by atoms with E-state index in [2.05, 4.69) is 17.4 Å². The standard InChI is InChI=1S/C15H18N2O5/c1-4-12(18)16-17-13(19)9-22-11-7-5-10(6-8-11)14(20)15(2,3)21/h4-8,21H,1,9H2,2-3H3,(H,16,18)(H,17,19). The van der Waals surface area contributed by atoms with Crippen LogP contribution in [0.25, 0.3) is 0 Å². The van der Waals surface area contributed by atoms with Gasteiger partial charge in [0.15, 0.2) is 12.4 Å².